The number of hydrogen-bond acceptors (Lipinski definition) is 4. The molecule has 154 valence electrons. The molecule has 0 radical (unpaired) electrons. The van der Waals surface area contributed by atoms with Gasteiger partial charge in [0.2, 0.25) is 0 Å². The van der Waals surface area contributed by atoms with Gasteiger partial charge in [0.15, 0.2) is 11.5 Å². The molecule has 1 unspecified atom stereocenters. The minimum atomic E-state index is 0. The first-order valence-electron chi connectivity index (χ1n) is 9.61. The minimum Gasteiger partial charge on any atom is -0.490 e. The molecule has 0 aliphatic carbocycles. The van der Waals surface area contributed by atoms with E-state index < -0.39 is 0 Å². The first-order valence-corrected chi connectivity index (χ1v) is 10.4. The monoisotopic (exact) mass is 469 g/mol. The first-order chi connectivity index (χ1) is 13.2. The highest BCUT2D eigenvalue weighted by Crippen LogP contribution is 2.37. The summed E-state index contributed by atoms with van der Waals surface area (Å²) in [5.74, 6) is 1.52. The highest BCUT2D eigenvalue weighted by atomic mass is 79.9. The van der Waals surface area contributed by atoms with Gasteiger partial charge in [-0.25, -0.2) is 0 Å². The molecule has 2 aromatic carbocycles. The van der Waals surface area contributed by atoms with Crippen molar-refractivity contribution < 1.29 is 14.2 Å². The summed E-state index contributed by atoms with van der Waals surface area (Å²) in [6.45, 7) is 7.72. The fourth-order valence-corrected chi connectivity index (χ4v) is 3.75. The lowest BCUT2D eigenvalue weighted by Crippen LogP contribution is -2.25. The van der Waals surface area contributed by atoms with Crippen LogP contribution in [0.3, 0.4) is 0 Å². The molecule has 1 aliphatic heterocycles. The highest BCUT2D eigenvalue weighted by Gasteiger charge is 2.16. The van der Waals surface area contributed by atoms with E-state index in [1.807, 2.05) is 6.92 Å². The second-order valence-electron chi connectivity index (χ2n) is 6.88. The van der Waals surface area contributed by atoms with Gasteiger partial charge in [-0.15, -0.1) is 12.4 Å². The van der Waals surface area contributed by atoms with Crippen molar-refractivity contribution in [2.45, 2.75) is 45.9 Å². The molecule has 1 N–H and O–H groups in total. The molecule has 6 heteroatoms. The van der Waals surface area contributed by atoms with Gasteiger partial charge < -0.3 is 19.5 Å². The van der Waals surface area contributed by atoms with Gasteiger partial charge in [0.25, 0.3) is 0 Å². The lowest BCUT2D eigenvalue weighted by atomic mass is 10.1. The zero-order valence-corrected chi connectivity index (χ0v) is 18.9. The van der Waals surface area contributed by atoms with Gasteiger partial charge in [-0.2, -0.15) is 0 Å². The van der Waals surface area contributed by atoms with Crippen LogP contribution in [0.1, 0.15) is 36.5 Å². The number of halogens is 2. The highest BCUT2D eigenvalue weighted by molar-refractivity contribution is 9.10. The summed E-state index contributed by atoms with van der Waals surface area (Å²) in [6, 6.07) is 12.5. The molecule has 0 aromatic heterocycles. The Kier molecular flexibility index (Phi) is 9.59. The number of ether oxygens (including phenoxy) is 3. The fraction of sp³-hybridized carbons (Fsp3) is 0.455. The summed E-state index contributed by atoms with van der Waals surface area (Å²) in [7, 11) is 0. The average molecular weight is 471 g/mol. The molecular weight excluding hydrogens is 442 g/mol. The van der Waals surface area contributed by atoms with Crippen LogP contribution in [0.15, 0.2) is 40.9 Å². The quantitative estimate of drug-likeness (QED) is 0.531. The molecule has 3 rings (SSSR count). The van der Waals surface area contributed by atoms with E-state index in [9.17, 15) is 0 Å². The summed E-state index contributed by atoms with van der Waals surface area (Å²) in [4.78, 5) is 0. The van der Waals surface area contributed by atoms with Gasteiger partial charge in [0.05, 0.1) is 17.2 Å². The Labute approximate surface area is 182 Å². The maximum atomic E-state index is 6.07. The van der Waals surface area contributed by atoms with Crippen molar-refractivity contribution in [1.29, 1.82) is 0 Å². The molecule has 28 heavy (non-hydrogen) atoms. The van der Waals surface area contributed by atoms with Crippen LogP contribution < -0.4 is 14.8 Å². The molecule has 1 aliphatic rings. The van der Waals surface area contributed by atoms with Crippen molar-refractivity contribution in [2.75, 3.05) is 19.8 Å². The molecule has 1 atom stereocenters. The van der Waals surface area contributed by atoms with Gasteiger partial charge in [-0.1, -0.05) is 29.8 Å². The first kappa shape index (κ1) is 23.0. The van der Waals surface area contributed by atoms with Crippen molar-refractivity contribution in [3.63, 3.8) is 0 Å². The van der Waals surface area contributed by atoms with Crippen LogP contribution >= 0.6 is 28.3 Å². The van der Waals surface area contributed by atoms with E-state index in [4.69, 9.17) is 14.2 Å². The Morgan fingerprint density at radius 2 is 1.93 bits per heavy atom. The third kappa shape index (κ3) is 6.66. The van der Waals surface area contributed by atoms with E-state index in [1.54, 1.807) is 0 Å². The molecule has 1 saturated heterocycles. The van der Waals surface area contributed by atoms with Gasteiger partial charge in [0.1, 0.15) is 6.61 Å². The Balaban J connectivity index is 0.00000280. The summed E-state index contributed by atoms with van der Waals surface area (Å²) >= 11 is 3.65. The summed E-state index contributed by atoms with van der Waals surface area (Å²) in [6.07, 6.45) is 2.66. The Bertz CT molecular complexity index is 733. The van der Waals surface area contributed by atoms with E-state index in [0.717, 1.165) is 53.2 Å². The number of benzene rings is 2. The molecule has 0 spiro atoms. The number of hydrogen-bond donors (Lipinski definition) is 1. The van der Waals surface area contributed by atoms with Gasteiger partial charge in [-0.05, 0) is 65.9 Å². The molecule has 1 fully saturated rings. The van der Waals surface area contributed by atoms with Crippen LogP contribution in [0, 0.1) is 6.92 Å². The minimum absolute atomic E-state index is 0. The Morgan fingerprint density at radius 3 is 2.61 bits per heavy atom. The van der Waals surface area contributed by atoms with E-state index in [-0.39, 0.29) is 12.4 Å². The zero-order valence-electron chi connectivity index (χ0n) is 16.5. The largest absolute Gasteiger partial charge is 0.490 e. The van der Waals surface area contributed by atoms with Crippen molar-refractivity contribution in [1.82, 2.24) is 5.32 Å². The Hall–Kier alpha value is -1.27. The van der Waals surface area contributed by atoms with Crippen LogP contribution in [0.25, 0.3) is 0 Å². The molecule has 4 nitrogen and oxygen atoms in total. The maximum absolute atomic E-state index is 6.07. The standard InChI is InChI=1S/C22H28BrNO3.ClH/c1-3-25-21-12-18(13-24-14-19-5-4-10-26-19)11-20(23)22(21)27-15-17-8-6-16(2)7-9-17;/h6-9,11-12,19,24H,3-5,10,13-15H2,1-2H3;1H. The lowest BCUT2D eigenvalue weighted by Gasteiger charge is -2.16. The summed E-state index contributed by atoms with van der Waals surface area (Å²) < 4.78 is 18.5. The van der Waals surface area contributed by atoms with Gasteiger partial charge in [-0.3, -0.25) is 0 Å². The topological polar surface area (TPSA) is 39.7 Å². The van der Waals surface area contributed by atoms with Crippen LogP contribution in [-0.4, -0.2) is 25.9 Å². The number of rotatable bonds is 9. The molecule has 0 bridgehead atoms. The fourth-order valence-electron chi connectivity index (χ4n) is 3.15. The predicted molar refractivity (Wildman–Crippen MR) is 119 cm³/mol. The number of aryl methyl sites for hydroxylation is 1. The van der Waals surface area contributed by atoms with Crippen molar-refractivity contribution in [3.05, 3.63) is 57.6 Å². The van der Waals surface area contributed by atoms with Crippen molar-refractivity contribution >= 4 is 28.3 Å². The molecule has 1 heterocycles. The summed E-state index contributed by atoms with van der Waals surface area (Å²) in [5.41, 5.74) is 3.54. The van der Waals surface area contributed by atoms with Gasteiger partial charge in [0, 0.05) is 19.7 Å². The van der Waals surface area contributed by atoms with E-state index >= 15 is 0 Å². The second kappa shape index (κ2) is 11.7. The maximum Gasteiger partial charge on any atom is 0.175 e. The van der Waals surface area contributed by atoms with E-state index in [1.165, 1.54) is 12.0 Å². The predicted octanol–water partition coefficient (Wildman–Crippen LogP) is 5.43. The smallest absolute Gasteiger partial charge is 0.175 e. The third-order valence-electron chi connectivity index (χ3n) is 4.60. The second-order valence-corrected chi connectivity index (χ2v) is 7.73. The van der Waals surface area contributed by atoms with Crippen LogP contribution in [0.2, 0.25) is 0 Å². The van der Waals surface area contributed by atoms with E-state index in [2.05, 4.69) is 64.6 Å². The molecule has 0 amide bonds. The van der Waals surface area contributed by atoms with Crippen LogP contribution in [-0.2, 0) is 17.9 Å². The lowest BCUT2D eigenvalue weighted by molar-refractivity contribution is 0.110. The molecule has 2 aromatic rings. The molecular formula is C22H29BrClNO3. The normalized spacial score (nSPS) is 15.9. The number of nitrogens with one attached hydrogen (secondary N) is 1. The summed E-state index contributed by atoms with van der Waals surface area (Å²) in [5, 5.41) is 3.48. The van der Waals surface area contributed by atoms with Crippen LogP contribution in [0.5, 0.6) is 11.5 Å². The Morgan fingerprint density at radius 1 is 1.14 bits per heavy atom. The van der Waals surface area contributed by atoms with E-state index in [0.29, 0.717) is 19.3 Å². The SMILES string of the molecule is CCOc1cc(CNCC2CCCO2)cc(Br)c1OCc1ccc(C)cc1.Cl. The van der Waals surface area contributed by atoms with Crippen molar-refractivity contribution in [3.8, 4) is 11.5 Å². The van der Waals surface area contributed by atoms with Crippen molar-refractivity contribution in [2.24, 2.45) is 0 Å². The zero-order chi connectivity index (χ0) is 19.1. The van der Waals surface area contributed by atoms with Gasteiger partial charge >= 0.3 is 0 Å². The average Bonchev–Trinajstić information content (AvgIpc) is 3.16. The molecule has 0 saturated carbocycles. The van der Waals surface area contributed by atoms with Crippen LogP contribution in [0.4, 0.5) is 0 Å². The third-order valence-corrected chi connectivity index (χ3v) is 5.19.